The van der Waals surface area contributed by atoms with E-state index in [-0.39, 0.29) is 30.8 Å². The van der Waals surface area contributed by atoms with Crippen molar-refractivity contribution in [3.05, 3.63) is 131 Å². The normalized spacial score (nSPS) is 11.6. The fourth-order valence-corrected chi connectivity index (χ4v) is 5.43. The van der Waals surface area contributed by atoms with Crippen LogP contribution in [0.1, 0.15) is 51.6 Å². The summed E-state index contributed by atoms with van der Waals surface area (Å²) < 4.78 is 0. The molecule has 0 aromatic heterocycles. The SMILES string of the molecule is CC(CCc1ccccc1)N(CCC(=O)O)C(=O)c1ccccc1-c1ccccc1C(=O)N(CCN(C)C)Cc1ccccc1. The monoisotopic (exact) mass is 605 g/mol. The maximum Gasteiger partial charge on any atom is 0.305 e. The summed E-state index contributed by atoms with van der Waals surface area (Å²) in [5.74, 6) is -1.32. The second kappa shape index (κ2) is 16.4. The highest BCUT2D eigenvalue weighted by Gasteiger charge is 2.27. The van der Waals surface area contributed by atoms with E-state index in [0.717, 1.165) is 17.5 Å². The van der Waals surface area contributed by atoms with Gasteiger partial charge in [-0.3, -0.25) is 14.4 Å². The molecule has 0 radical (unpaired) electrons. The highest BCUT2D eigenvalue weighted by atomic mass is 16.4. The summed E-state index contributed by atoms with van der Waals surface area (Å²) in [6.45, 7) is 3.76. The molecule has 7 heteroatoms. The van der Waals surface area contributed by atoms with Gasteiger partial charge in [0, 0.05) is 43.3 Å². The van der Waals surface area contributed by atoms with Gasteiger partial charge in [0.25, 0.3) is 11.8 Å². The predicted octanol–water partition coefficient (Wildman–Crippen LogP) is 6.50. The number of nitrogens with zero attached hydrogens (tertiary/aromatic N) is 3. The van der Waals surface area contributed by atoms with Crippen molar-refractivity contribution < 1.29 is 19.5 Å². The van der Waals surface area contributed by atoms with Crippen molar-refractivity contribution in [3.63, 3.8) is 0 Å². The molecule has 0 aliphatic carbocycles. The van der Waals surface area contributed by atoms with Crippen LogP contribution in [0.3, 0.4) is 0 Å². The lowest BCUT2D eigenvalue weighted by molar-refractivity contribution is -0.137. The number of hydrogen-bond donors (Lipinski definition) is 1. The first-order valence-electron chi connectivity index (χ1n) is 15.5. The van der Waals surface area contributed by atoms with Gasteiger partial charge in [-0.05, 0) is 68.2 Å². The number of carboxylic acid groups (broad SMARTS) is 1. The Balaban J connectivity index is 1.67. The van der Waals surface area contributed by atoms with Gasteiger partial charge in [0.2, 0.25) is 0 Å². The van der Waals surface area contributed by atoms with Crippen molar-refractivity contribution in [1.82, 2.24) is 14.7 Å². The van der Waals surface area contributed by atoms with Gasteiger partial charge in [0.15, 0.2) is 0 Å². The maximum atomic E-state index is 14.3. The summed E-state index contributed by atoms with van der Waals surface area (Å²) in [6.07, 6.45) is 1.30. The van der Waals surface area contributed by atoms with Crippen molar-refractivity contribution in [2.45, 2.75) is 38.8 Å². The number of carbonyl (C=O) groups is 3. The Morgan fingerprint density at radius 3 is 1.71 bits per heavy atom. The van der Waals surface area contributed by atoms with Gasteiger partial charge in [0.05, 0.1) is 6.42 Å². The molecule has 0 spiro atoms. The smallest absolute Gasteiger partial charge is 0.305 e. The zero-order chi connectivity index (χ0) is 32.2. The second-order valence-corrected chi connectivity index (χ2v) is 11.6. The minimum atomic E-state index is -0.955. The molecule has 1 atom stereocenters. The van der Waals surface area contributed by atoms with E-state index in [1.807, 2.05) is 117 Å². The lowest BCUT2D eigenvalue weighted by atomic mass is 9.93. The average molecular weight is 606 g/mol. The van der Waals surface area contributed by atoms with Crippen LogP contribution in [0.2, 0.25) is 0 Å². The van der Waals surface area contributed by atoms with Gasteiger partial charge in [-0.2, -0.15) is 0 Å². The molecule has 1 unspecified atom stereocenters. The number of carboxylic acids is 1. The van der Waals surface area contributed by atoms with Crippen LogP contribution < -0.4 is 0 Å². The van der Waals surface area contributed by atoms with Gasteiger partial charge < -0.3 is 19.8 Å². The number of likely N-dealkylation sites (N-methyl/N-ethyl adjacent to an activating group) is 1. The van der Waals surface area contributed by atoms with Crippen molar-refractivity contribution in [3.8, 4) is 11.1 Å². The molecule has 0 saturated heterocycles. The first-order valence-corrected chi connectivity index (χ1v) is 15.5. The van der Waals surface area contributed by atoms with E-state index in [4.69, 9.17) is 0 Å². The van der Waals surface area contributed by atoms with E-state index in [9.17, 15) is 19.5 Å². The van der Waals surface area contributed by atoms with E-state index >= 15 is 0 Å². The molecule has 234 valence electrons. The highest BCUT2D eigenvalue weighted by Crippen LogP contribution is 2.30. The molecule has 4 aromatic rings. The Morgan fingerprint density at radius 2 is 1.16 bits per heavy atom. The van der Waals surface area contributed by atoms with E-state index in [2.05, 4.69) is 17.0 Å². The van der Waals surface area contributed by atoms with Crippen LogP contribution in [0.4, 0.5) is 0 Å². The van der Waals surface area contributed by atoms with Gasteiger partial charge in [0.1, 0.15) is 0 Å². The van der Waals surface area contributed by atoms with Gasteiger partial charge in [-0.1, -0.05) is 97.1 Å². The van der Waals surface area contributed by atoms with Crippen LogP contribution in [-0.4, -0.2) is 77.4 Å². The number of benzene rings is 4. The highest BCUT2D eigenvalue weighted by molar-refractivity contribution is 6.06. The topological polar surface area (TPSA) is 81.2 Å². The number of hydrogen-bond acceptors (Lipinski definition) is 4. The summed E-state index contributed by atoms with van der Waals surface area (Å²) in [4.78, 5) is 45.6. The maximum absolute atomic E-state index is 14.3. The largest absolute Gasteiger partial charge is 0.481 e. The molecule has 4 aromatic carbocycles. The van der Waals surface area contributed by atoms with Gasteiger partial charge in [-0.25, -0.2) is 0 Å². The molecule has 2 amide bonds. The minimum absolute atomic E-state index is 0.0917. The third-order valence-corrected chi connectivity index (χ3v) is 7.98. The summed E-state index contributed by atoms with van der Waals surface area (Å²) in [5, 5.41) is 9.49. The summed E-state index contributed by atoms with van der Waals surface area (Å²) >= 11 is 0. The number of rotatable bonds is 15. The van der Waals surface area contributed by atoms with Gasteiger partial charge >= 0.3 is 5.97 Å². The van der Waals surface area contributed by atoms with Crippen molar-refractivity contribution in [2.75, 3.05) is 33.7 Å². The van der Waals surface area contributed by atoms with Crippen LogP contribution in [0.15, 0.2) is 109 Å². The van der Waals surface area contributed by atoms with Crippen molar-refractivity contribution >= 4 is 17.8 Å². The van der Waals surface area contributed by atoms with Crippen LogP contribution in [0.25, 0.3) is 11.1 Å². The molecule has 0 fully saturated rings. The number of aliphatic carboxylic acids is 1. The summed E-state index contributed by atoms with van der Waals surface area (Å²) in [7, 11) is 3.97. The molecular formula is C38H43N3O4. The lowest BCUT2D eigenvalue weighted by Crippen LogP contribution is -2.40. The molecule has 0 aliphatic heterocycles. The lowest BCUT2D eigenvalue weighted by Gasteiger charge is -2.30. The predicted molar refractivity (Wildman–Crippen MR) is 179 cm³/mol. The van der Waals surface area contributed by atoms with E-state index in [0.29, 0.717) is 48.3 Å². The van der Waals surface area contributed by atoms with Crippen molar-refractivity contribution in [2.24, 2.45) is 0 Å². The Labute approximate surface area is 266 Å². The minimum Gasteiger partial charge on any atom is -0.481 e. The molecule has 0 saturated carbocycles. The Kier molecular flexibility index (Phi) is 12.0. The third-order valence-electron chi connectivity index (χ3n) is 7.98. The molecule has 0 heterocycles. The molecule has 4 rings (SSSR count). The van der Waals surface area contributed by atoms with Crippen LogP contribution >= 0.6 is 0 Å². The molecule has 0 bridgehead atoms. The van der Waals surface area contributed by atoms with Gasteiger partial charge in [-0.15, -0.1) is 0 Å². The first-order chi connectivity index (χ1) is 21.7. The first kappa shape index (κ1) is 33.1. The second-order valence-electron chi connectivity index (χ2n) is 11.6. The Morgan fingerprint density at radius 1 is 0.644 bits per heavy atom. The summed E-state index contributed by atoms with van der Waals surface area (Å²) in [6, 6.07) is 34.5. The average Bonchev–Trinajstić information content (AvgIpc) is 3.06. The van der Waals surface area contributed by atoms with Crippen molar-refractivity contribution in [1.29, 1.82) is 0 Å². The number of aryl methyl sites for hydroxylation is 1. The summed E-state index contributed by atoms with van der Waals surface area (Å²) in [5.41, 5.74) is 4.48. The molecular weight excluding hydrogens is 562 g/mol. The number of amides is 2. The zero-order valence-corrected chi connectivity index (χ0v) is 26.4. The molecule has 1 N–H and O–H groups in total. The van der Waals surface area contributed by atoms with Crippen LogP contribution in [-0.2, 0) is 17.8 Å². The van der Waals surface area contributed by atoms with E-state index < -0.39 is 5.97 Å². The third kappa shape index (κ3) is 9.37. The molecule has 7 nitrogen and oxygen atoms in total. The standard InChI is InChI=1S/C38H43N3O4/c1-29(22-23-30-14-6-4-7-15-30)41(25-24-36(42)43)38(45)35-21-13-11-19-33(35)32-18-10-12-20-34(32)37(44)40(27-26-39(2)3)28-31-16-8-5-9-17-31/h4-21,29H,22-28H2,1-3H3,(H,42,43). The van der Waals surface area contributed by atoms with Crippen LogP contribution in [0, 0.1) is 0 Å². The fourth-order valence-electron chi connectivity index (χ4n) is 5.43. The number of carbonyl (C=O) groups excluding carboxylic acids is 2. The quantitative estimate of drug-likeness (QED) is 0.167. The Hall–Kier alpha value is -4.75. The zero-order valence-electron chi connectivity index (χ0n) is 26.4. The van der Waals surface area contributed by atoms with E-state index in [1.165, 1.54) is 0 Å². The van der Waals surface area contributed by atoms with Crippen LogP contribution in [0.5, 0.6) is 0 Å². The fraction of sp³-hybridized carbons (Fsp3) is 0.289. The molecule has 0 aliphatic rings. The molecule has 45 heavy (non-hydrogen) atoms. The Bertz CT molecular complexity index is 1560. The van der Waals surface area contributed by atoms with E-state index in [1.54, 1.807) is 11.0 Å².